The van der Waals surface area contributed by atoms with Gasteiger partial charge in [0.05, 0.1) is 5.51 Å². The highest BCUT2D eigenvalue weighted by atomic mass is 32.1. The number of benzene rings is 1. The maximum atomic E-state index is 4.09. The van der Waals surface area contributed by atoms with E-state index in [2.05, 4.69) is 36.2 Å². The molecule has 2 rings (SSSR count). The Kier molecular flexibility index (Phi) is 2.41. The molecule has 0 amide bonds. The Bertz CT molecular complexity index is 353. The summed E-state index contributed by atoms with van der Waals surface area (Å²) in [5, 5.41) is 0. The van der Waals surface area contributed by atoms with Crippen molar-refractivity contribution in [1.29, 1.82) is 0 Å². The molecule has 1 aromatic carbocycles. The molecule has 0 bridgehead atoms. The van der Waals surface area contributed by atoms with Gasteiger partial charge in [-0.2, -0.15) is 0 Å². The number of aromatic nitrogens is 1. The van der Waals surface area contributed by atoms with Crippen molar-refractivity contribution in [3.63, 3.8) is 0 Å². The van der Waals surface area contributed by atoms with E-state index in [9.17, 15) is 0 Å². The van der Waals surface area contributed by atoms with E-state index < -0.39 is 0 Å². The summed E-state index contributed by atoms with van der Waals surface area (Å²) in [6.07, 6.45) is 1.95. The molecule has 1 aromatic heterocycles. The molecule has 1 atom stereocenters. The monoisotopic (exact) mass is 189 g/mol. The Morgan fingerprint density at radius 1 is 1.23 bits per heavy atom. The summed E-state index contributed by atoms with van der Waals surface area (Å²) in [5.41, 5.74) is 3.24. The molecule has 2 heteroatoms. The Morgan fingerprint density at radius 2 is 2.00 bits per heavy atom. The largest absolute Gasteiger partial charge is 0.253 e. The van der Waals surface area contributed by atoms with E-state index in [1.54, 1.807) is 11.3 Å². The third-order valence-corrected chi connectivity index (χ3v) is 3.14. The first-order valence-electron chi connectivity index (χ1n) is 4.31. The van der Waals surface area contributed by atoms with Crippen molar-refractivity contribution in [3.05, 3.63) is 52.5 Å². The highest BCUT2D eigenvalue weighted by Crippen LogP contribution is 2.25. The van der Waals surface area contributed by atoms with E-state index in [0.29, 0.717) is 5.92 Å². The molecular formula is C11H11NS. The van der Waals surface area contributed by atoms with Crippen LogP contribution in [0.3, 0.4) is 0 Å². The third kappa shape index (κ3) is 1.78. The van der Waals surface area contributed by atoms with E-state index in [1.807, 2.05) is 17.8 Å². The van der Waals surface area contributed by atoms with Gasteiger partial charge in [-0.05, 0) is 5.56 Å². The second kappa shape index (κ2) is 3.71. The van der Waals surface area contributed by atoms with Crippen molar-refractivity contribution in [3.8, 4) is 0 Å². The van der Waals surface area contributed by atoms with Crippen LogP contribution in [0.15, 0.2) is 42.0 Å². The van der Waals surface area contributed by atoms with Gasteiger partial charge in [0, 0.05) is 17.0 Å². The lowest BCUT2D eigenvalue weighted by Gasteiger charge is -2.07. The summed E-state index contributed by atoms with van der Waals surface area (Å²) >= 11 is 1.71. The first kappa shape index (κ1) is 8.45. The van der Waals surface area contributed by atoms with Crippen molar-refractivity contribution < 1.29 is 0 Å². The Balaban J connectivity index is 2.29. The minimum absolute atomic E-state index is 0.466. The first-order chi connectivity index (χ1) is 6.38. The standard InChI is InChI=1S/C11H11NS/c1-9(11-7-12-8-13-11)10-5-3-2-4-6-10/h2-9H,1H3. The van der Waals surface area contributed by atoms with E-state index in [1.165, 1.54) is 10.4 Å². The lowest BCUT2D eigenvalue weighted by atomic mass is 10.0. The molecule has 2 aromatic rings. The zero-order chi connectivity index (χ0) is 9.10. The van der Waals surface area contributed by atoms with Gasteiger partial charge >= 0.3 is 0 Å². The van der Waals surface area contributed by atoms with Crippen LogP contribution in [-0.4, -0.2) is 4.98 Å². The summed E-state index contributed by atoms with van der Waals surface area (Å²) < 4.78 is 0. The van der Waals surface area contributed by atoms with E-state index >= 15 is 0 Å². The highest BCUT2D eigenvalue weighted by molar-refractivity contribution is 7.09. The van der Waals surface area contributed by atoms with Gasteiger partial charge in [-0.15, -0.1) is 11.3 Å². The summed E-state index contributed by atoms with van der Waals surface area (Å²) in [5.74, 6) is 0.466. The number of hydrogen-bond donors (Lipinski definition) is 0. The first-order valence-corrected chi connectivity index (χ1v) is 5.19. The van der Waals surface area contributed by atoms with Gasteiger partial charge in [-0.3, -0.25) is 4.98 Å². The minimum Gasteiger partial charge on any atom is -0.253 e. The molecule has 1 heterocycles. The summed E-state index contributed by atoms with van der Waals surface area (Å²) in [7, 11) is 0. The van der Waals surface area contributed by atoms with Crippen LogP contribution in [-0.2, 0) is 0 Å². The molecule has 66 valence electrons. The van der Waals surface area contributed by atoms with Gasteiger partial charge in [0.15, 0.2) is 0 Å². The van der Waals surface area contributed by atoms with Crippen LogP contribution in [0, 0.1) is 0 Å². The maximum absolute atomic E-state index is 4.09. The predicted octanol–water partition coefficient (Wildman–Crippen LogP) is 3.29. The van der Waals surface area contributed by atoms with Crippen LogP contribution in [0.4, 0.5) is 0 Å². The maximum Gasteiger partial charge on any atom is 0.0794 e. The molecule has 0 aliphatic heterocycles. The molecule has 0 aliphatic rings. The van der Waals surface area contributed by atoms with Crippen LogP contribution in [0.2, 0.25) is 0 Å². The highest BCUT2D eigenvalue weighted by Gasteiger charge is 2.08. The summed E-state index contributed by atoms with van der Waals surface area (Å²) in [4.78, 5) is 5.41. The van der Waals surface area contributed by atoms with E-state index in [0.717, 1.165) is 0 Å². The van der Waals surface area contributed by atoms with Gasteiger partial charge in [0.1, 0.15) is 0 Å². The Labute approximate surface area is 82.1 Å². The Hall–Kier alpha value is -1.15. The smallest absolute Gasteiger partial charge is 0.0794 e. The van der Waals surface area contributed by atoms with Crippen molar-refractivity contribution in [2.75, 3.05) is 0 Å². The number of rotatable bonds is 2. The fourth-order valence-corrected chi connectivity index (χ4v) is 2.05. The zero-order valence-corrected chi connectivity index (χ0v) is 8.29. The van der Waals surface area contributed by atoms with E-state index in [4.69, 9.17) is 0 Å². The molecule has 0 saturated carbocycles. The van der Waals surface area contributed by atoms with Crippen molar-refractivity contribution >= 4 is 11.3 Å². The van der Waals surface area contributed by atoms with Gasteiger partial charge in [-0.1, -0.05) is 37.3 Å². The average Bonchev–Trinajstić information content (AvgIpc) is 2.71. The van der Waals surface area contributed by atoms with Gasteiger partial charge in [-0.25, -0.2) is 0 Å². The number of thiazole rings is 1. The lowest BCUT2D eigenvalue weighted by molar-refractivity contribution is 0.942. The number of hydrogen-bond acceptors (Lipinski definition) is 2. The van der Waals surface area contributed by atoms with Crippen molar-refractivity contribution in [2.45, 2.75) is 12.8 Å². The molecule has 0 saturated heterocycles. The second-order valence-electron chi connectivity index (χ2n) is 3.04. The Morgan fingerprint density at radius 3 is 2.62 bits per heavy atom. The van der Waals surface area contributed by atoms with Crippen LogP contribution in [0.5, 0.6) is 0 Å². The SMILES string of the molecule is CC(c1ccccc1)c1cncs1. The molecule has 13 heavy (non-hydrogen) atoms. The normalized spacial score (nSPS) is 12.7. The van der Waals surface area contributed by atoms with Gasteiger partial charge < -0.3 is 0 Å². The molecule has 0 N–H and O–H groups in total. The van der Waals surface area contributed by atoms with Crippen LogP contribution in [0.1, 0.15) is 23.3 Å². The molecular weight excluding hydrogens is 178 g/mol. The molecule has 0 radical (unpaired) electrons. The molecule has 1 nitrogen and oxygen atoms in total. The topological polar surface area (TPSA) is 12.9 Å². The fourth-order valence-electron chi connectivity index (χ4n) is 1.35. The van der Waals surface area contributed by atoms with Gasteiger partial charge in [0.2, 0.25) is 0 Å². The van der Waals surface area contributed by atoms with Gasteiger partial charge in [0.25, 0.3) is 0 Å². The van der Waals surface area contributed by atoms with Crippen LogP contribution >= 0.6 is 11.3 Å². The summed E-state index contributed by atoms with van der Waals surface area (Å²) in [6.45, 7) is 2.21. The average molecular weight is 189 g/mol. The molecule has 0 fully saturated rings. The summed E-state index contributed by atoms with van der Waals surface area (Å²) in [6, 6.07) is 10.5. The fraction of sp³-hybridized carbons (Fsp3) is 0.182. The third-order valence-electron chi connectivity index (χ3n) is 2.18. The lowest BCUT2D eigenvalue weighted by Crippen LogP contribution is -1.91. The van der Waals surface area contributed by atoms with Crippen LogP contribution < -0.4 is 0 Å². The second-order valence-corrected chi connectivity index (χ2v) is 3.95. The number of nitrogens with zero attached hydrogens (tertiary/aromatic N) is 1. The molecule has 0 spiro atoms. The molecule has 0 aliphatic carbocycles. The van der Waals surface area contributed by atoms with E-state index in [-0.39, 0.29) is 0 Å². The zero-order valence-electron chi connectivity index (χ0n) is 7.47. The predicted molar refractivity (Wildman–Crippen MR) is 56.1 cm³/mol. The van der Waals surface area contributed by atoms with Crippen molar-refractivity contribution in [2.24, 2.45) is 0 Å². The van der Waals surface area contributed by atoms with Crippen molar-refractivity contribution in [1.82, 2.24) is 4.98 Å². The molecule has 1 unspecified atom stereocenters. The van der Waals surface area contributed by atoms with Crippen LogP contribution in [0.25, 0.3) is 0 Å². The quantitative estimate of drug-likeness (QED) is 0.706. The minimum atomic E-state index is 0.466.